The lowest BCUT2D eigenvalue weighted by Crippen LogP contribution is -1.99. The van der Waals surface area contributed by atoms with Crippen LogP contribution >= 0.6 is 11.3 Å². The van der Waals surface area contributed by atoms with Gasteiger partial charge in [0, 0.05) is 17.0 Å². The molecule has 0 amide bonds. The molecule has 0 fully saturated rings. The van der Waals surface area contributed by atoms with Gasteiger partial charge in [-0.05, 0) is 35.6 Å². The minimum absolute atomic E-state index is 0.0789. The topological polar surface area (TPSA) is 80.4 Å². The molecule has 1 N–H and O–H groups in total. The van der Waals surface area contributed by atoms with E-state index in [0.717, 1.165) is 16.5 Å². The normalized spacial score (nSPS) is 10.3. The van der Waals surface area contributed by atoms with E-state index >= 15 is 0 Å². The summed E-state index contributed by atoms with van der Waals surface area (Å²) in [7, 11) is 0. The van der Waals surface area contributed by atoms with E-state index in [1.165, 1.54) is 23.5 Å². The van der Waals surface area contributed by atoms with Gasteiger partial charge in [-0.25, -0.2) is 4.79 Å². The van der Waals surface area contributed by atoms with E-state index in [1.807, 2.05) is 18.4 Å². The molecule has 6 heteroatoms. The molecule has 1 heterocycles. The molecule has 18 heavy (non-hydrogen) atoms. The second-order valence-corrected chi connectivity index (χ2v) is 4.84. The molecule has 0 bridgehead atoms. The van der Waals surface area contributed by atoms with Gasteiger partial charge in [0.2, 0.25) is 0 Å². The molecule has 0 aliphatic heterocycles. The number of hydrogen-bond acceptors (Lipinski definition) is 4. The Morgan fingerprint density at radius 1 is 1.39 bits per heavy atom. The first kappa shape index (κ1) is 12.3. The number of non-ortho nitro benzene ring substituents is 1. The molecule has 92 valence electrons. The summed E-state index contributed by atoms with van der Waals surface area (Å²) in [6, 6.07) is 5.73. The van der Waals surface area contributed by atoms with Crippen LogP contribution < -0.4 is 0 Å². The molecular weight excluding hydrogens is 254 g/mol. The number of carboxylic acid groups (broad SMARTS) is 1. The Morgan fingerprint density at radius 2 is 2.11 bits per heavy atom. The smallest absolute Gasteiger partial charge is 0.335 e. The van der Waals surface area contributed by atoms with Gasteiger partial charge in [0.05, 0.1) is 10.5 Å². The van der Waals surface area contributed by atoms with Gasteiger partial charge in [-0.15, -0.1) is 11.3 Å². The Balaban J connectivity index is 2.64. The van der Waals surface area contributed by atoms with Crippen molar-refractivity contribution in [3.63, 3.8) is 0 Å². The minimum Gasteiger partial charge on any atom is -0.478 e. The highest BCUT2D eigenvalue weighted by atomic mass is 32.1. The number of nitrogens with zero attached hydrogens (tertiary/aromatic N) is 1. The Bertz CT molecular complexity index is 601. The lowest BCUT2D eigenvalue weighted by Gasteiger charge is -2.03. The third kappa shape index (κ3) is 2.23. The Hall–Kier alpha value is -2.21. The molecular formula is C12H9NO4S. The molecule has 0 spiro atoms. The molecule has 2 rings (SSSR count). The van der Waals surface area contributed by atoms with Crippen molar-refractivity contribution in [3.05, 3.63) is 50.2 Å². The molecule has 1 aromatic heterocycles. The van der Waals surface area contributed by atoms with E-state index < -0.39 is 10.9 Å². The van der Waals surface area contributed by atoms with Crippen molar-refractivity contribution in [2.45, 2.75) is 6.92 Å². The van der Waals surface area contributed by atoms with Gasteiger partial charge in [0.1, 0.15) is 0 Å². The fourth-order valence-electron chi connectivity index (χ4n) is 1.68. The maximum atomic E-state index is 11.0. The summed E-state index contributed by atoms with van der Waals surface area (Å²) in [6.45, 7) is 1.89. The number of carboxylic acids is 1. The van der Waals surface area contributed by atoms with Crippen LogP contribution in [-0.2, 0) is 0 Å². The monoisotopic (exact) mass is 263 g/mol. The van der Waals surface area contributed by atoms with Crippen molar-refractivity contribution in [1.29, 1.82) is 0 Å². The van der Waals surface area contributed by atoms with Gasteiger partial charge >= 0.3 is 5.97 Å². The first-order valence-electron chi connectivity index (χ1n) is 5.06. The molecule has 0 radical (unpaired) electrons. The fraction of sp³-hybridized carbons (Fsp3) is 0.0833. The lowest BCUT2D eigenvalue weighted by molar-refractivity contribution is -0.384. The number of thiophene rings is 1. The second-order valence-electron chi connectivity index (χ2n) is 3.72. The number of benzene rings is 1. The molecule has 0 aliphatic carbocycles. The fourth-order valence-corrected chi connectivity index (χ4v) is 2.40. The summed E-state index contributed by atoms with van der Waals surface area (Å²) < 4.78 is 0. The number of nitro groups is 1. The standard InChI is InChI=1S/C12H9NO4S/c1-7-11(2-3-18-7)8-4-9(12(14)15)6-10(5-8)13(16)17/h2-6H,1H3,(H,14,15). The van der Waals surface area contributed by atoms with E-state index in [9.17, 15) is 14.9 Å². The summed E-state index contributed by atoms with van der Waals surface area (Å²) in [5.74, 6) is -1.17. The highest BCUT2D eigenvalue weighted by Gasteiger charge is 2.15. The molecule has 1 aromatic carbocycles. The van der Waals surface area contributed by atoms with Crippen LogP contribution in [0.3, 0.4) is 0 Å². The third-order valence-corrected chi connectivity index (χ3v) is 3.39. The van der Waals surface area contributed by atoms with Crippen LogP contribution in [0.5, 0.6) is 0 Å². The summed E-state index contributed by atoms with van der Waals surface area (Å²) in [5, 5.41) is 21.6. The van der Waals surface area contributed by atoms with Crippen molar-refractivity contribution >= 4 is 23.0 Å². The molecule has 5 nitrogen and oxygen atoms in total. The van der Waals surface area contributed by atoms with Crippen LogP contribution in [0.15, 0.2) is 29.6 Å². The number of aryl methyl sites for hydroxylation is 1. The number of carbonyl (C=O) groups is 1. The molecule has 0 saturated carbocycles. The number of nitro benzene ring substituents is 1. The molecule has 0 atom stereocenters. The Morgan fingerprint density at radius 3 is 2.61 bits per heavy atom. The van der Waals surface area contributed by atoms with E-state index in [2.05, 4.69) is 0 Å². The number of hydrogen-bond donors (Lipinski definition) is 1. The van der Waals surface area contributed by atoms with Crippen molar-refractivity contribution in [1.82, 2.24) is 0 Å². The maximum Gasteiger partial charge on any atom is 0.335 e. The lowest BCUT2D eigenvalue weighted by atomic mass is 10.0. The SMILES string of the molecule is Cc1sccc1-c1cc(C(=O)O)cc([N+](=O)[O-])c1. The second kappa shape index (κ2) is 4.58. The highest BCUT2D eigenvalue weighted by Crippen LogP contribution is 2.31. The summed E-state index contributed by atoms with van der Waals surface area (Å²) in [5.41, 5.74) is 1.09. The van der Waals surface area contributed by atoms with Crippen LogP contribution in [0.4, 0.5) is 5.69 Å². The quantitative estimate of drug-likeness (QED) is 0.680. The minimum atomic E-state index is -1.17. The predicted octanol–water partition coefficient (Wildman–Crippen LogP) is 3.33. The van der Waals surface area contributed by atoms with E-state index in [4.69, 9.17) is 5.11 Å². The van der Waals surface area contributed by atoms with Gasteiger partial charge in [-0.1, -0.05) is 0 Å². The van der Waals surface area contributed by atoms with E-state index in [-0.39, 0.29) is 11.3 Å². The largest absolute Gasteiger partial charge is 0.478 e. The van der Waals surface area contributed by atoms with Crippen LogP contribution in [0.25, 0.3) is 11.1 Å². The van der Waals surface area contributed by atoms with Gasteiger partial charge in [-0.3, -0.25) is 10.1 Å². The molecule has 0 aliphatic rings. The van der Waals surface area contributed by atoms with E-state index in [0.29, 0.717) is 5.56 Å². The number of rotatable bonds is 3. The van der Waals surface area contributed by atoms with Crippen LogP contribution in [0.1, 0.15) is 15.2 Å². The summed E-state index contributed by atoms with van der Waals surface area (Å²) in [4.78, 5) is 22.2. The molecule has 0 unspecified atom stereocenters. The predicted molar refractivity (Wildman–Crippen MR) is 68.1 cm³/mol. The Labute approximate surface area is 106 Å². The van der Waals surface area contributed by atoms with Crippen LogP contribution in [0, 0.1) is 17.0 Å². The Kier molecular flexibility index (Phi) is 3.12. The van der Waals surface area contributed by atoms with Gasteiger partial charge in [-0.2, -0.15) is 0 Å². The van der Waals surface area contributed by atoms with Crippen molar-refractivity contribution < 1.29 is 14.8 Å². The summed E-state index contributed by atoms with van der Waals surface area (Å²) in [6.07, 6.45) is 0. The summed E-state index contributed by atoms with van der Waals surface area (Å²) >= 11 is 1.51. The average molecular weight is 263 g/mol. The van der Waals surface area contributed by atoms with Gasteiger partial charge in [0.15, 0.2) is 0 Å². The molecule has 0 saturated heterocycles. The molecule has 2 aromatic rings. The number of aromatic carboxylic acids is 1. The van der Waals surface area contributed by atoms with Crippen molar-refractivity contribution in [2.75, 3.05) is 0 Å². The van der Waals surface area contributed by atoms with Crippen LogP contribution in [0.2, 0.25) is 0 Å². The average Bonchev–Trinajstić information content (AvgIpc) is 2.74. The van der Waals surface area contributed by atoms with Crippen molar-refractivity contribution in [2.24, 2.45) is 0 Å². The zero-order valence-electron chi connectivity index (χ0n) is 9.41. The third-order valence-electron chi connectivity index (χ3n) is 2.55. The van der Waals surface area contributed by atoms with Crippen molar-refractivity contribution in [3.8, 4) is 11.1 Å². The van der Waals surface area contributed by atoms with Crippen LogP contribution in [-0.4, -0.2) is 16.0 Å². The maximum absolute atomic E-state index is 11.0. The highest BCUT2D eigenvalue weighted by molar-refractivity contribution is 7.10. The van der Waals surface area contributed by atoms with Gasteiger partial charge < -0.3 is 5.11 Å². The van der Waals surface area contributed by atoms with E-state index in [1.54, 1.807) is 0 Å². The first-order valence-corrected chi connectivity index (χ1v) is 5.94. The zero-order chi connectivity index (χ0) is 13.3. The zero-order valence-corrected chi connectivity index (χ0v) is 10.2. The first-order chi connectivity index (χ1) is 8.49. The van der Waals surface area contributed by atoms with Gasteiger partial charge in [0.25, 0.3) is 5.69 Å².